The molecule has 1 unspecified atom stereocenters. The molecular weight excluding hydrogens is 386 g/mol. The van der Waals surface area contributed by atoms with Crippen molar-refractivity contribution in [1.82, 2.24) is 15.1 Å². The lowest BCUT2D eigenvalue weighted by Crippen LogP contribution is -2.31. The Morgan fingerprint density at radius 1 is 0.900 bits per heavy atom. The van der Waals surface area contributed by atoms with Crippen molar-refractivity contribution in [2.45, 2.75) is 12.5 Å². The summed E-state index contributed by atoms with van der Waals surface area (Å²) in [5.74, 6) is 0.389. The molecule has 0 aliphatic carbocycles. The van der Waals surface area contributed by atoms with E-state index in [0.717, 1.165) is 35.2 Å². The van der Waals surface area contributed by atoms with Gasteiger partial charge in [0.2, 0.25) is 0 Å². The number of rotatable bonds is 2. The maximum absolute atomic E-state index is 4.49. The summed E-state index contributed by atoms with van der Waals surface area (Å²) in [6.07, 6.45) is 0. The van der Waals surface area contributed by atoms with Gasteiger partial charge in [0.1, 0.15) is 0 Å². The Bertz CT molecular complexity index is 1390. The molecule has 0 spiro atoms. The molecule has 3 nitrogen and oxygen atoms in total. The van der Waals surface area contributed by atoms with Crippen molar-refractivity contribution >= 4 is 32.3 Å². The average molecular weight is 408 g/mol. The number of nitrogens with zero attached hydrogens (tertiary/aromatic N) is 3. The van der Waals surface area contributed by atoms with Crippen LogP contribution in [0.15, 0.2) is 78.2 Å². The maximum atomic E-state index is 4.49. The van der Waals surface area contributed by atoms with Gasteiger partial charge >= 0.3 is 0 Å². The van der Waals surface area contributed by atoms with Gasteiger partial charge in [-0.3, -0.25) is 0 Å². The van der Waals surface area contributed by atoms with Gasteiger partial charge in [0.25, 0.3) is 0 Å². The third kappa shape index (κ3) is 3.00. The molecule has 5 aromatic rings. The summed E-state index contributed by atoms with van der Waals surface area (Å²) >= 11 is 1.81. The van der Waals surface area contributed by atoms with Crippen LogP contribution in [-0.2, 0) is 6.54 Å². The monoisotopic (exact) mass is 407 g/mol. The number of fused-ring (bicyclic) bond motifs is 3. The number of hydrogen-bond donors (Lipinski definition) is 0. The molecule has 146 valence electrons. The smallest absolute Gasteiger partial charge is 0.0936 e. The van der Waals surface area contributed by atoms with Crippen LogP contribution in [0.3, 0.4) is 0 Å². The van der Waals surface area contributed by atoms with Gasteiger partial charge in [-0.05, 0) is 70.9 Å². The van der Waals surface area contributed by atoms with Crippen molar-refractivity contribution in [3.63, 3.8) is 0 Å². The van der Waals surface area contributed by atoms with Crippen molar-refractivity contribution in [1.29, 1.82) is 0 Å². The fraction of sp³-hybridized carbons (Fsp3) is 0.154. The average Bonchev–Trinajstić information content (AvgIpc) is 3.25. The molecule has 0 N–H and O–H groups in total. The van der Waals surface area contributed by atoms with E-state index in [-0.39, 0.29) is 0 Å². The molecule has 0 radical (unpaired) electrons. The number of thiophene rings is 1. The first-order chi connectivity index (χ1) is 14.7. The minimum Gasteiger partial charge on any atom is -0.301 e. The van der Waals surface area contributed by atoms with Crippen LogP contribution in [0, 0.1) is 0 Å². The Hall–Kier alpha value is -3.08. The highest BCUT2D eigenvalue weighted by molar-refractivity contribution is 7.17. The summed E-state index contributed by atoms with van der Waals surface area (Å²) in [6.45, 7) is 2.00. The van der Waals surface area contributed by atoms with Crippen LogP contribution >= 0.6 is 11.3 Å². The zero-order valence-electron chi connectivity index (χ0n) is 16.7. The van der Waals surface area contributed by atoms with Crippen molar-refractivity contribution < 1.29 is 0 Å². The van der Waals surface area contributed by atoms with Gasteiger partial charge in [-0.2, -0.15) is 0 Å². The molecule has 30 heavy (non-hydrogen) atoms. The van der Waals surface area contributed by atoms with Crippen molar-refractivity contribution in [2.75, 3.05) is 13.6 Å². The SMILES string of the molecule is CN1Cc2cc(-c3cc4ccccc4nn3)ccc2C(c2ccc3sccc3c2)C1. The molecule has 0 saturated heterocycles. The first-order valence-electron chi connectivity index (χ1n) is 10.3. The second kappa shape index (κ2) is 7.01. The number of benzene rings is 3. The molecule has 3 aromatic carbocycles. The highest BCUT2D eigenvalue weighted by atomic mass is 32.1. The van der Waals surface area contributed by atoms with Gasteiger partial charge in [-0.25, -0.2) is 0 Å². The van der Waals surface area contributed by atoms with Gasteiger partial charge in [-0.1, -0.05) is 36.4 Å². The Kier molecular flexibility index (Phi) is 4.15. The van der Waals surface area contributed by atoms with Crippen LogP contribution in [0.1, 0.15) is 22.6 Å². The third-order valence-electron chi connectivity index (χ3n) is 6.12. The van der Waals surface area contributed by atoms with E-state index in [1.807, 2.05) is 18.2 Å². The minimum atomic E-state index is 0.389. The van der Waals surface area contributed by atoms with E-state index in [1.54, 1.807) is 11.3 Å². The van der Waals surface area contributed by atoms with Gasteiger partial charge in [0, 0.05) is 34.7 Å². The molecule has 1 aliphatic rings. The predicted octanol–water partition coefficient (Wildman–Crippen LogP) is 6.09. The van der Waals surface area contributed by atoms with Gasteiger partial charge in [0.05, 0.1) is 11.2 Å². The second-order valence-electron chi connectivity index (χ2n) is 8.17. The van der Waals surface area contributed by atoms with E-state index in [2.05, 4.69) is 82.1 Å². The van der Waals surface area contributed by atoms with E-state index in [9.17, 15) is 0 Å². The summed E-state index contributed by atoms with van der Waals surface area (Å²) in [5, 5.41) is 13.5. The highest BCUT2D eigenvalue weighted by Gasteiger charge is 2.25. The van der Waals surface area contributed by atoms with Gasteiger partial charge in [0.15, 0.2) is 0 Å². The molecule has 4 heteroatoms. The number of hydrogen-bond acceptors (Lipinski definition) is 4. The fourth-order valence-corrected chi connectivity index (χ4v) is 5.39. The minimum absolute atomic E-state index is 0.389. The topological polar surface area (TPSA) is 29.0 Å². The zero-order valence-corrected chi connectivity index (χ0v) is 17.6. The Morgan fingerprint density at radius 2 is 1.83 bits per heavy atom. The largest absolute Gasteiger partial charge is 0.301 e. The second-order valence-corrected chi connectivity index (χ2v) is 9.12. The molecule has 1 atom stereocenters. The van der Waals surface area contributed by atoms with Gasteiger partial charge in [-0.15, -0.1) is 21.5 Å². The molecule has 0 fully saturated rings. The van der Waals surface area contributed by atoms with E-state index in [4.69, 9.17) is 0 Å². The van der Waals surface area contributed by atoms with E-state index < -0.39 is 0 Å². The van der Waals surface area contributed by atoms with E-state index >= 15 is 0 Å². The lowest BCUT2D eigenvalue weighted by molar-refractivity contribution is 0.295. The number of aromatic nitrogens is 2. The Balaban J connectivity index is 1.43. The quantitative estimate of drug-likeness (QED) is 0.355. The summed E-state index contributed by atoms with van der Waals surface area (Å²) in [5.41, 5.74) is 7.21. The third-order valence-corrected chi connectivity index (χ3v) is 7.02. The molecule has 2 aromatic heterocycles. The Labute approximate surface area is 179 Å². The van der Waals surface area contributed by atoms with Crippen LogP contribution in [0.2, 0.25) is 0 Å². The number of likely N-dealkylation sites (N-methyl/N-ethyl adjacent to an activating group) is 1. The van der Waals surface area contributed by atoms with Crippen LogP contribution in [0.25, 0.3) is 32.2 Å². The molecule has 0 bridgehead atoms. The van der Waals surface area contributed by atoms with Crippen LogP contribution in [0.4, 0.5) is 0 Å². The summed E-state index contributed by atoms with van der Waals surface area (Å²) in [7, 11) is 2.21. The van der Waals surface area contributed by atoms with Crippen molar-refractivity contribution in [2.24, 2.45) is 0 Å². The van der Waals surface area contributed by atoms with Crippen molar-refractivity contribution in [3.8, 4) is 11.3 Å². The molecule has 0 amide bonds. The molecule has 0 saturated carbocycles. The zero-order chi connectivity index (χ0) is 20.1. The van der Waals surface area contributed by atoms with Crippen molar-refractivity contribution in [3.05, 3.63) is 94.9 Å². The predicted molar refractivity (Wildman–Crippen MR) is 125 cm³/mol. The summed E-state index contributed by atoms with van der Waals surface area (Å²) in [6, 6.07) is 26.2. The first kappa shape index (κ1) is 17.8. The lowest BCUT2D eigenvalue weighted by Gasteiger charge is -2.33. The Morgan fingerprint density at radius 3 is 2.80 bits per heavy atom. The first-order valence-corrected chi connectivity index (χ1v) is 11.1. The molecular formula is C26H21N3S. The van der Waals surface area contributed by atoms with E-state index in [0.29, 0.717) is 5.92 Å². The molecule has 6 rings (SSSR count). The van der Waals surface area contributed by atoms with Crippen LogP contribution in [-0.4, -0.2) is 28.7 Å². The van der Waals surface area contributed by atoms with E-state index in [1.165, 1.54) is 26.8 Å². The van der Waals surface area contributed by atoms with Gasteiger partial charge < -0.3 is 4.90 Å². The van der Waals surface area contributed by atoms with Crippen LogP contribution in [0.5, 0.6) is 0 Å². The summed E-state index contributed by atoms with van der Waals surface area (Å²) < 4.78 is 1.35. The van der Waals surface area contributed by atoms with Crippen LogP contribution < -0.4 is 0 Å². The molecule has 1 aliphatic heterocycles. The highest BCUT2D eigenvalue weighted by Crippen LogP contribution is 2.37. The summed E-state index contributed by atoms with van der Waals surface area (Å²) in [4.78, 5) is 2.42. The normalized spacial score (nSPS) is 16.8. The fourth-order valence-electron chi connectivity index (χ4n) is 4.62. The molecule has 3 heterocycles. The maximum Gasteiger partial charge on any atom is 0.0936 e. The lowest BCUT2D eigenvalue weighted by atomic mass is 9.83. The standard InChI is InChI=1S/C26H21N3S/c1-29-15-21-13-19(25-14-18-4-2-3-5-24(18)27-28-25)6-8-22(21)23(16-29)17-7-9-26-20(12-17)10-11-30-26/h2-14,23H,15-16H2,1H3.